The molecule has 292 valence electrons. The summed E-state index contributed by atoms with van der Waals surface area (Å²) in [5, 5.41) is 9.98. The molecule has 4 aromatic rings. The van der Waals surface area contributed by atoms with Gasteiger partial charge in [-0.2, -0.15) is 0 Å². The molecule has 0 spiro atoms. The van der Waals surface area contributed by atoms with Crippen LogP contribution in [0.2, 0.25) is 0 Å². The maximum Gasteiger partial charge on any atom is 0.352 e. The van der Waals surface area contributed by atoms with E-state index in [9.17, 15) is 41.1 Å². The SMILES string of the molecule is C=C(CCCOC(=O)[C@H](OC(=O)c1ccccc1)[C@@H](OC(=O)c1ccccc1)C(=O)O)C1CCC(S(=O)(=O)c2ccccc2)(S(=O)(=O)c2ccccc2)CC1=C. The van der Waals surface area contributed by atoms with Gasteiger partial charge in [0.25, 0.3) is 0 Å². The molecule has 1 fully saturated rings. The van der Waals surface area contributed by atoms with Crippen molar-refractivity contribution >= 4 is 43.6 Å². The number of sulfone groups is 2. The molecular formula is C42H40O12S2. The molecule has 5 rings (SSSR count). The summed E-state index contributed by atoms with van der Waals surface area (Å²) in [7, 11) is -8.92. The van der Waals surface area contributed by atoms with Crippen LogP contribution < -0.4 is 0 Å². The Labute approximate surface area is 325 Å². The van der Waals surface area contributed by atoms with Gasteiger partial charge in [0, 0.05) is 12.3 Å². The normalized spacial score (nSPS) is 16.4. The minimum Gasteiger partial charge on any atom is -0.478 e. The molecule has 0 radical (unpaired) electrons. The Bertz CT molecular complexity index is 2220. The summed E-state index contributed by atoms with van der Waals surface area (Å²) in [6.07, 6.45) is -4.60. The predicted molar refractivity (Wildman–Crippen MR) is 205 cm³/mol. The Kier molecular flexibility index (Phi) is 13.1. The third-order valence-electron chi connectivity index (χ3n) is 9.51. The van der Waals surface area contributed by atoms with Crippen molar-refractivity contribution < 1.29 is 55.3 Å². The summed E-state index contributed by atoms with van der Waals surface area (Å²) in [4.78, 5) is 51.2. The molecule has 1 aliphatic carbocycles. The van der Waals surface area contributed by atoms with Gasteiger partial charge >= 0.3 is 23.9 Å². The van der Waals surface area contributed by atoms with Crippen molar-refractivity contribution in [2.45, 2.75) is 58.2 Å². The van der Waals surface area contributed by atoms with Crippen molar-refractivity contribution in [3.63, 3.8) is 0 Å². The van der Waals surface area contributed by atoms with Gasteiger partial charge in [-0.25, -0.2) is 36.0 Å². The van der Waals surface area contributed by atoms with E-state index < -0.39 is 65.8 Å². The van der Waals surface area contributed by atoms with Crippen LogP contribution in [0, 0.1) is 5.92 Å². The van der Waals surface area contributed by atoms with E-state index in [0.29, 0.717) is 11.1 Å². The molecule has 1 saturated carbocycles. The van der Waals surface area contributed by atoms with Crippen molar-refractivity contribution in [2.24, 2.45) is 5.92 Å². The summed E-state index contributed by atoms with van der Waals surface area (Å²) in [6.45, 7) is 7.97. The van der Waals surface area contributed by atoms with Crippen molar-refractivity contribution in [3.05, 3.63) is 157 Å². The number of ether oxygens (including phenoxy) is 3. The zero-order valence-corrected chi connectivity index (χ0v) is 31.8. The van der Waals surface area contributed by atoms with Gasteiger partial charge in [0.05, 0.1) is 27.5 Å². The van der Waals surface area contributed by atoms with Gasteiger partial charge in [0.1, 0.15) is 0 Å². The van der Waals surface area contributed by atoms with Crippen LogP contribution in [0.15, 0.2) is 155 Å². The first kappa shape index (κ1) is 41.3. The molecule has 1 unspecified atom stereocenters. The third-order valence-corrected chi connectivity index (χ3v) is 15.3. The predicted octanol–water partition coefficient (Wildman–Crippen LogP) is 6.40. The van der Waals surface area contributed by atoms with Gasteiger partial charge in [-0.1, -0.05) is 97.1 Å². The molecule has 0 saturated heterocycles. The van der Waals surface area contributed by atoms with Crippen LogP contribution in [0.25, 0.3) is 0 Å². The summed E-state index contributed by atoms with van der Waals surface area (Å²) in [5.74, 6) is -5.64. The van der Waals surface area contributed by atoms with E-state index in [1.807, 2.05) is 0 Å². The molecule has 56 heavy (non-hydrogen) atoms. The van der Waals surface area contributed by atoms with E-state index in [4.69, 9.17) is 14.2 Å². The van der Waals surface area contributed by atoms with Crippen LogP contribution >= 0.6 is 0 Å². The summed E-state index contributed by atoms with van der Waals surface area (Å²) < 4.78 is 70.6. The number of carboxylic acids is 1. The second-order valence-electron chi connectivity index (χ2n) is 13.1. The van der Waals surface area contributed by atoms with E-state index in [1.165, 1.54) is 97.1 Å². The van der Waals surface area contributed by atoms with Gasteiger partial charge < -0.3 is 19.3 Å². The largest absolute Gasteiger partial charge is 0.478 e. The maximum atomic E-state index is 14.3. The maximum absolute atomic E-state index is 14.3. The number of carbonyl (C=O) groups is 4. The molecule has 14 heteroatoms. The fraction of sp³-hybridized carbons (Fsp3) is 0.238. The first-order valence-corrected chi connectivity index (χ1v) is 20.5. The minimum atomic E-state index is -4.46. The minimum absolute atomic E-state index is 0.00404. The Morgan fingerprint density at radius 3 is 1.55 bits per heavy atom. The quantitative estimate of drug-likeness (QED) is 0.0570. The lowest BCUT2D eigenvalue weighted by atomic mass is 9.79. The van der Waals surface area contributed by atoms with Crippen LogP contribution in [0.3, 0.4) is 0 Å². The molecular weight excluding hydrogens is 761 g/mol. The molecule has 0 heterocycles. The number of aliphatic carboxylic acids is 1. The topological polar surface area (TPSA) is 184 Å². The number of carboxylic acid groups (broad SMARTS) is 1. The lowest BCUT2D eigenvalue weighted by molar-refractivity contribution is -0.170. The van der Waals surface area contributed by atoms with Gasteiger partial charge in [-0.3, -0.25) is 0 Å². The zero-order chi connectivity index (χ0) is 40.5. The number of esters is 3. The van der Waals surface area contributed by atoms with E-state index in [0.717, 1.165) is 0 Å². The average Bonchev–Trinajstić information content (AvgIpc) is 3.21. The number of benzene rings is 4. The van der Waals surface area contributed by atoms with Crippen LogP contribution in [0.4, 0.5) is 0 Å². The molecule has 12 nitrogen and oxygen atoms in total. The van der Waals surface area contributed by atoms with Crippen molar-refractivity contribution in [1.29, 1.82) is 0 Å². The Morgan fingerprint density at radius 2 is 1.12 bits per heavy atom. The van der Waals surface area contributed by atoms with Gasteiger partial charge in [-0.15, -0.1) is 0 Å². The summed E-state index contributed by atoms with van der Waals surface area (Å²) in [5.41, 5.74) is 0.941. The van der Waals surface area contributed by atoms with Gasteiger partial charge in [0.15, 0.2) is 23.8 Å². The lowest BCUT2D eigenvalue weighted by Crippen LogP contribution is -2.49. The zero-order valence-electron chi connectivity index (χ0n) is 30.2. The van der Waals surface area contributed by atoms with E-state index in [2.05, 4.69) is 13.2 Å². The van der Waals surface area contributed by atoms with Gasteiger partial charge in [0.2, 0.25) is 12.2 Å². The highest BCUT2D eigenvalue weighted by atomic mass is 32.3. The summed E-state index contributed by atoms with van der Waals surface area (Å²) in [6, 6.07) is 29.8. The standard InChI is InChI=1S/C42H40O12S2/c1-29(35-25-26-42(28-30(35)2,55(48,49)33-21-11-5-12-22-33)56(50,51)34-23-13-6-14-24-34)16-15-27-52-41(47)37(54-40(46)32-19-9-4-10-20-32)36(38(43)44)53-39(45)31-17-7-3-8-18-31/h3-14,17-24,35-37H,1-2,15-16,25-28H2,(H,43,44)/t35?,36-,37-/m1/s1. The van der Waals surface area contributed by atoms with Gasteiger partial charge in [-0.05, 0) is 74.2 Å². The van der Waals surface area contributed by atoms with Crippen molar-refractivity contribution in [3.8, 4) is 0 Å². The second kappa shape index (κ2) is 17.7. The highest BCUT2D eigenvalue weighted by Crippen LogP contribution is 2.50. The Hall–Kier alpha value is -5.86. The van der Waals surface area contributed by atoms with Crippen LogP contribution in [-0.2, 0) is 43.5 Å². The fourth-order valence-corrected chi connectivity index (χ4v) is 11.7. The van der Waals surface area contributed by atoms with Crippen LogP contribution in [0.1, 0.15) is 52.8 Å². The number of allylic oxidation sites excluding steroid dienone is 2. The van der Waals surface area contributed by atoms with Crippen LogP contribution in [0.5, 0.6) is 0 Å². The average molecular weight is 801 g/mol. The van der Waals surface area contributed by atoms with E-state index in [-0.39, 0.29) is 59.6 Å². The molecule has 1 N–H and O–H groups in total. The molecule has 0 aliphatic heterocycles. The molecule has 1 aliphatic rings. The number of rotatable bonds is 16. The second-order valence-corrected chi connectivity index (χ2v) is 17.9. The lowest BCUT2D eigenvalue weighted by Gasteiger charge is -2.40. The number of hydrogen-bond donors (Lipinski definition) is 1. The Balaban J connectivity index is 1.28. The highest BCUT2D eigenvalue weighted by molar-refractivity contribution is 8.10. The van der Waals surface area contributed by atoms with Crippen molar-refractivity contribution in [1.82, 2.24) is 0 Å². The fourth-order valence-electron chi connectivity index (χ4n) is 6.57. The molecule has 0 amide bonds. The Morgan fingerprint density at radius 1 is 0.696 bits per heavy atom. The highest BCUT2D eigenvalue weighted by Gasteiger charge is 2.58. The van der Waals surface area contributed by atoms with E-state index in [1.54, 1.807) is 24.3 Å². The molecule has 0 aromatic heterocycles. The van der Waals surface area contributed by atoms with Crippen molar-refractivity contribution in [2.75, 3.05) is 6.61 Å². The third kappa shape index (κ3) is 8.82. The summed E-state index contributed by atoms with van der Waals surface area (Å²) >= 11 is 0. The smallest absolute Gasteiger partial charge is 0.352 e. The molecule has 3 atom stereocenters. The monoisotopic (exact) mass is 800 g/mol. The molecule has 0 bridgehead atoms. The molecule has 4 aromatic carbocycles. The number of carbonyl (C=O) groups excluding carboxylic acids is 3. The van der Waals surface area contributed by atoms with Crippen LogP contribution in [-0.4, -0.2) is 68.7 Å². The number of hydrogen-bond acceptors (Lipinski definition) is 11. The first-order valence-electron chi connectivity index (χ1n) is 17.6. The first-order chi connectivity index (χ1) is 26.7. The van der Waals surface area contributed by atoms with E-state index >= 15 is 0 Å².